The van der Waals surface area contributed by atoms with Gasteiger partial charge < -0.3 is 14.5 Å². The Kier molecular flexibility index (Phi) is 7.15. The highest BCUT2D eigenvalue weighted by molar-refractivity contribution is 5.86. The molecule has 3 aromatic carbocycles. The molecule has 1 heterocycles. The van der Waals surface area contributed by atoms with Crippen molar-refractivity contribution in [1.29, 1.82) is 0 Å². The van der Waals surface area contributed by atoms with E-state index < -0.39 is 5.60 Å². The molecule has 1 aliphatic rings. The number of benzene rings is 3. The lowest BCUT2D eigenvalue weighted by Crippen LogP contribution is -2.42. The van der Waals surface area contributed by atoms with Crippen LogP contribution in [-0.4, -0.2) is 47.0 Å². The molecule has 35 heavy (non-hydrogen) atoms. The van der Waals surface area contributed by atoms with Crippen LogP contribution in [0.25, 0.3) is 10.8 Å². The summed E-state index contributed by atoms with van der Waals surface area (Å²) in [5.41, 5.74) is 1.68. The second-order valence-electron chi connectivity index (χ2n) is 10.6. The second-order valence-corrected chi connectivity index (χ2v) is 10.6. The maximum absolute atomic E-state index is 13.6. The molecule has 5 heteroatoms. The molecule has 0 saturated carbocycles. The summed E-state index contributed by atoms with van der Waals surface area (Å²) in [6, 6.07) is 24.6. The lowest BCUT2D eigenvalue weighted by Gasteiger charge is -2.35. The fourth-order valence-corrected chi connectivity index (χ4v) is 5.14. The average molecular weight is 473 g/mol. The number of fused-ring (bicyclic) bond motifs is 1. The minimum Gasteiger partial charge on any atom is -0.444 e. The summed E-state index contributed by atoms with van der Waals surface area (Å²) in [4.78, 5) is 29.6. The summed E-state index contributed by atoms with van der Waals surface area (Å²) in [6.07, 6.45) is -0.328. The quantitative estimate of drug-likeness (QED) is 0.432. The molecule has 0 N–H and O–H groups in total. The molecular weight excluding hydrogens is 436 g/mol. The van der Waals surface area contributed by atoms with Crippen LogP contribution in [0.15, 0.2) is 72.8 Å². The molecule has 0 aliphatic carbocycles. The first-order valence-corrected chi connectivity index (χ1v) is 12.4. The Balaban J connectivity index is 1.70. The van der Waals surface area contributed by atoms with Crippen LogP contribution in [0.3, 0.4) is 0 Å². The predicted molar refractivity (Wildman–Crippen MR) is 140 cm³/mol. The Labute approximate surface area is 208 Å². The van der Waals surface area contributed by atoms with Gasteiger partial charge >= 0.3 is 6.09 Å². The minimum atomic E-state index is -0.603. The highest BCUT2D eigenvalue weighted by Crippen LogP contribution is 2.36. The van der Waals surface area contributed by atoms with E-state index in [2.05, 4.69) is 43.3 Å². The Morgan fingerprint density at radius 1 is 0.971 bits per heavy atom. The maximum Gasteiger partial charge on any atom is 0.410 e. The van der Waals surface area contributed by atoms with Gasteiger partial charge in [0.25, 0.3) is 0 Å². The summed E-state index contributed by atoms with van der Waals surface area (Å²) in [5.74, 6) is 0.329. The first kappa shape index (κ1) is 24.8. The van der Waals surface area contributed by atoms with Gasteiger partial charge in [-0.1, -0.05) is 72.8 Å². The number of carbonyl (C=O) groups excluding carboxylic acids is 2. The molecule has 4 rings (SSSR count). The van der Waals surface area contributed by atoms with Crippen LogP contribution in [0.5, 0.6) is 0 Å². The van der Waals surface area contributed by atoms with Gasteiger partial charge in [0.05, 0.1) is 6.04 Å². The van der Waals surface area contributed by atoms with E-state index in [9.17, 15) is 9.59 Å². The number of carbonyl (C=O) groups is 2. The van der Waals surface area contributed by atoms with Gasteiger partial charge in [0.1, 0.15) is 5.60 Å². The third kappa shape index (κ3) is 5.67. The van der Waals surface area contributed by atoms with Crippen molar-refractivity contribution in [2.45, 2.75) is 52.2 Å². The molecule has 2 amide bonds. The van der Waals surface area contributed by atoms with Crippen LogP contribution in [0.2, 0.25) is 0 Å². The topological polar surface area (TPSA) is 49.9 Å². The third-order valence-corrected chi connectivity index (χ3v) is 6.91. The number of hydrogen-bond acceptors (Lipinski definition) is 3. The normalized spacial score (nSPS) is 18.9. The standard InChI is InChI=1S/C30H36N2O3/c1-21(26-17-11-15-23-14-9-10-16-27(23)26)32(29(34)35-30(3,4)5)19-25-18-31(22(2)33)20-28(25)24-12-7-6-8-13-24/h6-17,21,25,28H,18-20H2,1-5H3/t21-,25-,28-/m1/s1. The van der Waals surface area contributed by atoms with Gasteiger partial charge in [-0.25, -0.2) is 4.79 Å². The molecule has 0 bridgehead atoms. The number of hydrogen-bond donors (Lipinski definition) is 0. The average Bonchev–Trinajstić information content (AvgIpc) is 3.25. The third-order valence-electron chi connectivity index (χ3n) is 6.91. The molecule has 1 saturated heterocycles. The van der Waals surface area contributed by atoms with Gasteiger partial charge in [0, 0.05) is 38.4 Å². The van der Waals surface area contributed by atoms with Crippen molar-refractivity contribution in [3.8, 4) is 0 Å². The van der Waals surface area contributed by atoms with Crippen molar-refractivity contribution in [2.75, 3.05) is 19.6 Å². The van der Waals surface area contributed by atoms with E-state index in [1.54, 1.807) is 6.92 Å². The van der Waals surface area contributed by atoms with E-state index in [-0.39, 0.29) is 29.9 Å². The van der Waals surface area contributed by atoms with E-state index in [0.29, 0.717) is 19.6 Å². The summed E-state index contributed by atoms with van der Waals surface area (Å²) >= 11 is 0. The number of rotatable bonds is 5. The zero-order valence-electron chi connectivity index (χ0n) is 21.4. The van der Waals surface area contributed by atoms with Crippen molar-refractivity contribution in [3.63, 3.8) is 0 Å². The lowest BCUT2D eigenvalue weighted by atomic mass is 9.88. The molecule has 3 atom stereocenters. The Hall–Kier alpha value is -3.34. The van der Waals surface area contributed by atoms with Gasteiger partial charge in [-0.2, -0.15) is 0 Å². The van der Waals surface area contributed by atoms with E-state index in [1.165, 1.54) is 5.56 Å². The van der Waals surface area contributed by atoms with Crippen LogP contribution in [0, 0.1) is 5.92 Å². The Morgan fingerprint density at radius 3 is 2.31 bits per heavy atom. The number of amides is 2. The fraction of sp³-hybridized carbons (Fsp3) is 0.400. The number of likely N-dealkylation sites (tertiary alicyclic amines) is 1. The zero-order valence-corrected chi connectivity index (χ0v) is 21.4. The summed E-state index contributed by atoms with van der Waals surface area (Å²) < 4.78 is 5.89. The molecule has 3 aromatic rings. The minimum absolute atomic E-state index is 0.0688. The fourth-order valence-electron chi connectivity index (χ4n) is 5.14. The monoisotopic (exact) mass is 472 g/mol. The van der Waals surface area contributed by atoms with Gasteiger partial charge in [-0.15, -0.1) is 0 Å². The molecule has 184 valence electrons. The van der Waals surface area contributed by atoms with Crippen molar-refractivity contribution in [1.82, 2.24) is 9.80 Å². The van der Waals surface area contributed by atoms with Crippen LogP contribution in [-0.2, 0) is 9.53 Å². The SMILES string of the molecule is CC(=O)N1C[C@H](CN(C(=O)OC(C)(C)C)[C@H](C)c2cccc3ccccc23)[C@@H](c2ccccc2)C1. The van der Waals surface area contributed by atoms with Crippen molar-refractivity contribution >= 4 is 22.8 Å². The highest BCUT2D eigenvalue weighted by Gasteiger charge is 2.39. The van der Waals surface area contributed by atoms with E-state index in [1.807, 2.05) is 67.0 Å². The van der Waals surface area contributed by atoms with Gasteiger partial charge in [-0.3, -0.25) is 4.79 Å². The first-order valence-electron chi connectivity index (χ1n) is 12.4. The molecule has 5 nitrogen and oxygen atoms in total. The zero-order chi connectivity index (χ0) is 25.2. The predicted octanol–water partition coefficient (Wildman–Crippen LogP) is 6.40. The summed E-state index contributed by atoms with van der Waals surface area (Å²) in [5, 5.41) is 2.28. The van der Waals surface area contributed by atoms with E-state index >= 15 is 0 Å². The molecule has 0 unspecified atom stereocenters. The number of nitrogens with zero attached hydrogens (tertiary/aromatic N) is 2. The van der Waals surface area contributed by atoms with Crippen LogP contribution >= 0.6 is 0 Å². The largest absolute Gasteiger partial charge is 0.444 e. The van der Waals surface area contributed by atoms with E-state index in [4.69, 9.17) is 4.74 Å². The molecular formula is C30H36N2O3. The van der Waals surface area contributed by atoms with Gasteiger partial charge in [-0.05, 0) is 49.6 Å². The van der Waals surface area contributed by atoms with Gasteiger partial charge in [0.15, 0.2) is 0 Å². The Bertz CT molecular complexity index is 1180. The molecule has 0 radical (unpaired) electrons. The Morgan fingerprint density at radius 2 is 1.63 bits per heavy atom. The second kappa shape index (κ2) is 10.1. The maximum atomic E-state index is 13.6. The molecule has 0 spiro atoms. The van der Waals surface area contributed by atoms with Crippen LogP contribution in [0.4, 0.5) is 4.79 Å². The summed E-state index contributed by atoms with van der Waals surface area (Å²) in [6.45, 7) is 11.2. The molecule has 1 aliphatic heterocycles. The van der Waals surface area contributed by atoms with Crippen molar-refractivity contribution < 1.29 is 14.3 Å². The molecule has 1 fully saturated rings. The number of ether oxygens (including phenoxy) is 1. The summed E-state index contributed by atoms with van der Waals surface area (Å²) in [7, 11) is 0. The van der Waals surface area contributed by atoms with Crippen LogP contribution < -0.4 is 0 Å². The lowest BCUT2D eigenvalue weighted by molar-refractivity contribution is -0.127. The highest BCUT2D eigenvalue weighted by atomic mass is 16.6. The van der Waals surface area contributed by atoms with E-state index in [0.717, 1.165) is 16.3 Å². The van der Waals surface area contributed by atoms with Crippen molar-refractivity contribution in [2.24, 2.45) is 5.92 Å². The van der Waals surface area contributed by atoms with Crippen LogP contribution in [0.1, 0.15) is 57.7 Å². The van der Waals surface area contributed by atoms with Crippen molar-refractivity contribution in [3.05, 3.63) is 83.9 Å². The van der Waals surface area contributed by atoms with Gasteiger partial charge in [0.2, 0.25) is 5.91 Å². The first-order chi connectivity index (χ1) is 16.6. The smallest absolute Gasteiger partial charge is 0.410 e. The molecule has 0 aromatic heterocycles.